The number of hydrogen-bond donors (Lipinski definition) is 4. The number of amides is 1. The van der Waals surface area contributed by atoms with E-state index in [1.807, 2.05) is 59.3 Å². The second-order valence-electron chi connectivity index (χ2n) is 12.6. The predicted octanol–water partition coefficient (Wildman–Crippen LogP) is 5.97. The molecule has 0 saturated carbocycles. The normalized spacial score (nSPS) is 13.2. The number of thiophene rings is 1. The quantitative estimate of drug-likeness (QED) is 0.0840. The highest BCUT2D eigenvalue weighted by molar-refractivity contribution is 7.87. The van der Waals surface area contributed by atoms with Gasteiger partial charge >= 0.3 is 0 Å². The molecule has 0 radical (unpaired) electrons. The van der Waals surface area contributed by atoms with Crippen molar-refractivity contribution >= 4 is 27.5 Å². The van der Waals surface area contributed by atoms with E-state index in [9.17, 15) is 18.3 Å². The molecule has 0 bridgehead atoms. The molecule has 1 unspecified atom stereocenters. The first-order valence-corrected chi connectivity index (χ1v) is 18.2. The summed E-state index contributed by atoms with van der Waals surface area (Å²) < 4.78 is 31.1. The number of nitrogens with zero attached hydrogens (tertiary/aromatic N) is 2. The Labute approximate surface area is 282 Å². The van der Waals surface area contributed by atoms with Gasteiger partial charge < -0.3 is 15.2 Å². The van der Waals surface area contributed by atoms with Crippen molar-refractivity contribution in [2.75, 3.05) is 6.61 Å². The monoisotopic (exact) mass is 679 g/mol. The van der Waals surface area contributed by atoms with Crippen LogP contribution >= 0.6 is 11.3 Å². The molecule has 0 spiro atoms. The molecule has 0 aliphatic rings. The molecule has 0 aliphatic heterocycles. The number of nitrogens with two attached hydrogens (primary N) is 1. The fraction of sp³-hybridized carbons (Fsp3) is 0.400. The lowest BCUT2D eigenvalue weighted by atomic mass is 9.95. The van der Waals surface area contributed by atoms with Crippen LogP contribution in [0.1, 0.15) is 79.9 Å². The number of aliphatic hydroxyl groups is 1. The molecule has 4 aromatic rings. The Kier molecular flexibility index (Phi) is 12.6. The van der Waals surface area contributed by atoms with E-state index in [0.717, 1.165) is 45.9 Å². The van der Waals surface area contributed by atoms with Gasteiger partial charge in [-0.05, 0) is 53.6 Å². The maximum absolute atomic E-state index is 13.1. The van der Waals surface area contributed by atoms with Crippen LogP contribution in [0, 0.1) is 0 Å². The van der Waals surface area contributed by atoms with E-state index in [1.54, 1.807) is 18.5 Å². The van der Waals surface area contributed by atoms with Crippen LogP contribution in [-0.2, 0) is 22.0 Å². The van der Waals surface area contributed by atoms with Gasteiger partial charge in [0.1, 0.15) is 12.0 Å². The number of benzene rings is 2. The SMILES string of the molecule is CCCCCCCOc1ccc(-c2cnc(-c3ccc(C[C@H](NC(=O)c4ccc(C(C)(C)C)s4)C(O)NS(N)(=O)=O)cc3)nc2)cc1. The average molecular weight is 680 g/mol. The molecule has 5 N–H and O–H groups in total. The third-order valence-electron chi connectivity index (χ3n) is 7.58. The fourth-order valence-electron chi connectivity index (χ4n) is 4.90. The van der Waals surface area contributed by atoms with Crippen LogP contribution < -0.4 is 19.9 Å². The third-order valence-corrected chi connectivity index (χ3v) is 9.66. The number of hydrogen-bond acceptors (Lipinski definition) is 8. The standard InChI is InChI=1S/C35H45N5O5S2/c1-5-6-7-8-9-20-45-28-16-14-25(15-17-28)27-22-37-32(38-23-27)26-12-10-24(11-13-26)21-29(33(41)40-47(36,43)44)39-34(42)30-18-19-31(46-30)35(2,3)4/h10-19,22-23,29,33,40-41H,5-9,20-21H2,1-4H3,(H,39,42)(H2,36,43,44)/t29-,33?/m0/s1. The minimum absolute atomic E-state index is 0.128. The third kappa shape index (κ3) is 11.2. The summed E-state index contributed by atoms with van der Waals surface area (Å²) in [6.07, 6.45) is 8.02. The summed E-state index contributed by atoms with van der Waals surface area (Å²) in [5.41, 5.74) is 3.26. The van der Waals surface area contributed by atoms with Gasteiger partial charge in [0.05, 0.1) is 17.5 Å². The first-order valence-electron chi connectivity index (χ1n) is 15.9. The zero-order chi connectivity index (χ0) is 34.0. The molecule has 2 heterocycles. The molecule has 2 aromatic heterocycles. The summed E-state index contributed by atoms with van der Waals surface area (Å²) in [6.45, 7) is 9.09. The van der Waals surface area contributed by atoms with Gasteiger partial charge in [-0.1, -0.05) is 89.8 Å². The highest BCUT2D eigenvalue weighted by atomic mass is 32.2. The van der Waals surface area contributed by atoms with Crippen LogP contribution in [0.4, 0.5) is 0 Å². The first kappa shape index (κ1) is 36.2. The number of ether oxygens (including phenoxy) is 1. The lowest BCUT2D eigenvalue weighted by molar-refractivity contribution is 0.0812. The molecule has 47 heavy (non-hydrogen) atoms. The van der Waals surface area contributed by atoms with E-state index in [-0.39, 0.29) is 11.8 Å². The van der Waals surface area contributed by atoms with Crippen molar-refractivity contribution in [2.45, 2.75) is 83.9 Å². The molecular weight excluding hydrogens is 635 g/mol. The maximum Gasteiger partial charge on any atom is 0.276 e. The first-order chi connectivity index (χ1) is 22.3. The van der Waals surface area contributed by atoms with Crippen LogP contribution in [0.2, 0.25) is 0 Å². The zero-order valence-corrected chi connectivity index (χ0v) is 29.0. The summed E-state index contributed by atoms with van der Waals surface area (Å²) in [6, 6.07) is 17.8. The van der Waals surface area contributed by atoms with Gasteiger partial charge in [0.2, 0.25) is 0 Å². The van der Waals surface area contributed by atoms with Crippen molar-refractivity contribution in [3.05, 3.63) is 88.4 Å². The van der Waals surface area contributed by atoms with E-state index in [2.05, 4.69) is 43.0 Å². The highest BCUT2D eigenvalue weighted by Gasteiger charge is 2.26. The summed E-state index contributed by atoms with van der Waals surface area (Å²) in [4.78, 5) is 23.7. The number of aromatic nitrogens is 2. The van der Waals surface area contributed by atoms with Crippen LogP contribution in [0.3, 0.4) is 0 Å². The zero-order valence-electron chi connectivity index (χ0n) is 27.4. The smallest absolute Gasteiger partial charge is 0.276 e. The summed E-state index contributed by atoms with van der Waals surface area (Å²) >= 11 is 1.35. The van der Waals surface area contributed by atoms with Crippen LogP contribution in [-0.4, -0.2) is 48.3 Å². The van der Waals surface area contributed by atoms with E-state index in [4.69, 9.17) is 9.88 Å². The van der Waals surface area contributed by atoms with E-state index in [0.29, 0.717) is 10.7 Å². The van der Waals surface area contributed by atoms with Crippen molar-refractivity contribution in [2.24, 2.45) is 5.14 Å². The molecule has 252 valence electrons. The van der Waals surface area contributed by atoms with Gasteiger partial charge in [0.15, 0.2) is 5.82 Å². The second kappa shape index (κ2) is 16.4. The molecule has 12 heteroatoms. The summed E-state index contributed by atoms with van der Waals surface area (Å²) in [7, 11) is -4.22. The topological polar surface area (TPSA) is 157 Å². The molecular formula is C35H45N5O5S2. The number of carbonyl (C=O) groups is 1. The van der Waals surface area contributed by atoms with Crippen LogP contribution in [0.25, 0.3) is 22.5 Å². The fourth-order valence-corrected chi connectivity index (χ4v) is 6.37. The second-order valence-corrected chi connectivity index (χ2v) is 15.0. The number of carbonyl (C=O) groups excluding carboxylic acids is 1. The van der Waals surface area contributed by atoms with Crippen molar-refractivity contribution in [1.82, 2.24) is 20.0 Å². The maximum atomic E-state index is 13.1. The average Bonchev–Trinajstić information content (AvgIpc) is 3.54. The highest BCUT2D eigenvalue weighted by Crippen LogP contribution is 2.29. The van der Waals surface area contributed by atoms with E-state index < -0.39 is 28.4 Å². The minimum Gasteiger partial charge on any atom is -0.494 e. The van der Waals surface area contributed by atoms with Gasteiger partial charge in [0, 0.05) is 28.4 Å². The molecule has 2 aromatic carbocycles. The van der Waals surface area contributed by atoms with Gasteiger partial charge in [-0.2, -0.15) is 13.1 Å². The Bertz CT molecular complexity index is 1680. The molecule has 0 fully saturated rings. The van der Waals surface area contributed by atoms with Gasteiger partial charge in [-0.25, -0.2) is 15.1 Å². The molecule has 1 amide bonds. The van der Waals surface area contributed by atoms with Crippen molar-refractivity contribution in [1.29, 1.82) is 0 Å². The molecule has 10 nitrogen and oxygen atoms in total. The number of nitrogens with one attached hydrogen (secondary N) is 2. The van der Waals surface area contributed by atoms with Gasteiger partial charge in [0.25, 0.3) is 16.1 Å². The van der Waals surface area contributed by atoms with Crippen molar-refractivity contribution in [3.8, 4) is 28.3 Å². The predicted molar refractivity (Wildman–Crippen MR) is 187 cm³/mol. The van der Waals surface area contributed by atoms with Crippen molar-refractivity contribution < 1.29 is 23.1 Å². The molecule has 0 aliphatic carbocycles. The number of unbranched alkanes of at least 4 members (excludes halogenated alkanes) is 4. The Morgan fingerprint density at radius 3 is 2.15 bits per heavy atom. The lowest BCUT2D eigenvalue weighted by Crippen LogP contribution is -2.53. The minimum atomic E-state index is -4.22. The summed E-state index contributed by atoms with van der Waals surface area (Å²) in [5, 5.41) is 18.5. The summed E-state index contributed by atoms with van der Waals surface area (Å²) in [5.74, 6) is 0.963. The van der Waals surface area contributed by atoms with Gasteiger partial charge in [-0.3, -0.25) is 4.79 Å². The van der Waals surface area contributed by atoms with Crippen LogP contribution in [0.5, 0.6) is 5.75 Å². The van der Waals surface area contributed by atoms with Gasteiger partial charge in [-0.15, -0.1) is 11.3 Å². The van der Waals surface area contributed by atoms with E-state index >= 15 is 0 Å². The molecule has 4 rings (SSSR count). The van der Waals surface area contributed by atoms with Crippen molar-refractivity contribution in [3.63, 3.8) is 0 Å². The number of aliphatic hydroxyl groups excluding tert-OH is 1. The Morgan fingerprint density at radius 1 is 0.915 bits per heavy atom. The number of rotatable bonds is 16. The van der Waals surface area contributed by atoms with Crippen LogP contribution in [0.15, 0.2) is 73.1 Å². The lowest BCUT2D eigenvalue weighted by Gasteiger charge is -2.24. The van der Waals surface area contributed by atoms with E-state index in [1.165, 1.54) is 37.0 Å². The Morgan fingerprint density at radius 2 is 1.55 bits per heavy atom. The molecule has 2 atom stereocenters. The Balaban J connectivity index is 1.39. The molecule has 0 saturated heterocycles. The largest absolute Gasteiger partial charge is 0.494 e. The Hall–Kier alpha value is -3.68.